The van der Waals surface area contributed by atoms with E-state index in [9.17, 15) is 4.79 Å². The van der Waals surface area contributed by atoms with E-state index in [1.165, 1.54) is 0 Å². The monoisotopic (exact) mass is 293 g/mol. The van der Waals surface area contributed by atoms with Crippen LogP contribution >= 0.6 is 0 Å². The number of hydrogen-bond acceptors (Lipinski definition) is 3. The summed E-state index contributed by atoms with van der Waals surface area (Å²) in [6.45, 7) is 7.36. The molecule has 4 heteroatoms. The van der Waals surface area contributed by atoms with E-state index < -0.39 is 0 Å². The largest absolute Gasteiger partial charge is 0.493 e. The maximum absolute atomic E-state index is 12.4. The van der Waals surface area contributed by atoms with Gasteiger partial charge in [-0.15, -0.1) is 0 Å². The summed E-state index contributed by atoms with van der Waals surface area (Å²) < 4.78 is 10.8. The molecular formula is C17H27NO3. The lowest BCUT2D eigenvalue weighted by Gasteiger charge is -2.22. The van der Waals surface area contributed by atoms with Crippen LogP contribution in [0, 0.1) is 0 Å². The van der Waals surface area contributed by atoms with E-state index in [0.29, 0.717) is 18.8 Å². The van der Waals surface area contributed by atoms with Crippen molar-refractivity contribution in [2.24, 2.45) is 0 Å². The second kappa shape index (κ2) is 8.67. The molecule has 0 atom stereocenters. The van der Waals surface area contributed by atoms with Crippen LogP contribution in [0.1, 0.15) is 43.1 Å². The van der Waals surface area contributed by atoms with Crippen LogP contribution in [0.25, 0.3) is 0 Å². The van der Waals surface area contributed by atoms with Crippen LogP contribution in [0.2, 0.25) is 0 Å². The molecule has 1 aromatic carbocycles. The Bertz CT molecular complexity index is 457. The summed E-state index contributed by atoms with van der Waals surface area (Å²) in [6.07, 6.45) is 1.72. The van der Waals surface area contributed by atoms with Gasteiger partial charge >= 0.3 is 0 Å². The molecule has 1 rings (SSSR count). The highest BCUT2D eigenvalue weighted by molar-refractivity contribution is 5.94. The summed E-state index contributed by atoms with van der Waals surface area (Å²) >= 11 is 0. The van der Waals surface area contributed by atoms with Gasteiger partial charge in [0.05, 0.1) is 6.61 Å². The average Bonchev–Trinajstić information content (AvgIpc) is 2.49. The first-order chi connectivity index (χ1) is 10.0. The molecule has 1 amide bonds. The molecule has 0 aliphatic rings. The number of aryl methyl sites for hydroxylation is 1. The molecule has 0 spiro atoms. The molecule has 1 aromatic rings. The molecule has 0 aliphatic carbocycles. The first-order valence-electron chi connectivity index (χ1n) is 7.53. The number of benzene rings is 1. The van der Waals surface area contributed by atoms with Crippen LogP contribution in [0.4, 0.5) is 0 Å². The molecule has 0 N–H and O–H groups in total. The lowest BCUT2D eigenvalue weighted by atomic mass is 10.1. The van der Waals surface area contributed by atoms with E-state index in [1.54, 1.807) is 12.0 Å². The smallest absolute Gasteiger partial charge is 0.253 e. The molecule has 0 heterocycles. The highest BCUT2D eigenvalue weighted by Crippen LogP contribution is 2.22. The number of methoxy groups -OCH3 is 1. The van der Waals surface area contributed by atoms with Crippen LogP contribution in [0.5, 0.6) is 5.75 Å². The molecule has 0 radical (unpaired) electrons. The van der Waals surface area contributed by atoms with Crippen molar-refractivity contribution >= 4 is 5.91 Å². The maximum Gasteiger partial charge on any atom is 0.253 e. The standard InChI is InChI=1S/C17H27NO3/c1-6-14-8-9-15(17(19)18(4)13(2)3)12-16(14)21-11-7-10-20-5/h8-9,12-13H,6-7,10-11H2,1-5H3. The Labute approximate surface area is 128 Å². The average molecular weight is 293 g/mol. The number of carbonyl (C=O) groups excluding carboxylic acids is 1. The van der Waals surface area contributed by atoms with Crippen molar-refractivity contribution in [3.05, 3.63) is 29.3 Å². The van der Waals surface area contributed by atoms with Crippen molar-refractivity contribution in [2.45, 2.75) is 39.7 Å². The van der Waals surface area contributed by atoms with Crippen molar-refractivity contribution in [3.8, 4) is 5.75 Å². The molecule has 0 aliphatic heterocycles. The maximum atomic E-state index is 12.4. The predicted molar refractivity (Wildman–Crippen MR) is 85.0 cm³/mol. The van der Waals surface area contributed by atoms with E-state index in [0.717, 1.165) is 24.2 Å². The van der Waals surface area contributed by atoms with Crippen LogP contribution in [-0.2, 0) is 11.2 Å². The van der Waals surface area contributed by atoms with Crippen LogP contribution in [0.3, 0.4) is 0 Å². The Morgan fingerprint density at radius 1 is 1.29 bits per heavy atom. The zero-order chi connectivity index (χ0) is 15.8. The second-order valence-corrected chi connectivity index (χ2v) is 5.38. The highest BCUT2D eigenvalue weighted by Gasteiger charge is 2.16. The second-order valence-electron chi connectivity index (χ2n) is 5.38. The van der Waals surface area contributed by atoms with Gasteiger partial charge in [-0.25, -0.2) is 0 Å². The zero-order valence-electron chi connectivity index (χ0n) is 13.8. The number of nitrogens with zero attached hydrogens (tertiary/aromatic N) is 1. The number of rotatable bonds is 8. The fraction of sp³-hybridized carbons (Fsp3) is 0.588. The molecule has 0 aromatic heterocycles. The number of ether oxygens (including phenoxy) is 2. The Hall–Kier alpha value is -1.55. The van der Waals surface area contributed by atoms with Gasteiger partial charge in [0.2, 0.25) is 0 Å². The van der Waals surface area contributed by atoms with E-state index in [1.807, 2.05) is 39.1 Å². The fourth-order valence-corrected chi connectivity index (χ4v) is 1.94. The number of amides is 1. The molecule has 118 valence electrons. The van der Waals surface area contributed by atoms with Gasteiger partial charge in [-0.1, -0.05) is 13.0 Å². The molecule has 21 heavy (non-hydrogen) atoms. The summed E-state index contributed by atoms with van der Waals surface area (Å²) in [5.74, 6) is 0.825. The Morgan fingerprint density at radius 2 is 2.00 bits per heavy atom. The van der Waals surface area contributed by atoms with Gasteiger partial charge in [-0.2, -0.15) is 0 Å². The van der Waals surface area contributed by atoms with E-state index in [4.69, 9.17) is 9.47 Å². The zero-order valence-corrected chi connectivity index (χ0v) is 13.8. The first-order valence-corrected chi connectivity index (χ1v) is 7.53. The normalized spacial score (nSPS) is 10.8. The van der Waals surface area contributed by atoms with Gasteiger partial charge in [0.15, 0.2) is 0 Å². The molecule has 0 fully saturated rings. The van der Waals surface area contributed by atoms with Crippen LogP contribution in [0.15, 0.2) is 18.2 Å². The van der Waals surface area contributed by atoms with E-state index in [-0.39, 0.29) is 11.9 Å². The Morgan fingerprint density at radius 3 is 2.57 bits per heavy atom. The molecule has 4 nitrogen and oxygen atoms in total. The topological polar surface area (TPSA) is 38.8 Å². The van der Waals surface area contributed by atoms with Gasteiger partial charge < -0.3 is 14.4 Å². The lowest BCUT2D eigenvalue weighted by Crippen LogP contribution is -2.33. The Kier molecular flexibility index (Phi) is 7.23. The van der Waals surface area contributed by atoms with Crippen molar-refractivity contribution in [1.82, 2.24) is 4.90 Å². The third kappa shape index (κ3) is 5.05. The minimum absolute atomic E-state index is 0.0226. The SMILES string of the molecule is CCc1ccc(C(=O)N(C)C(C)C)cc1OCCCOC. The third-order valence-corrected chi connectivity index (χ3v) is 3.54. The molecule has 0 bridgehead atoms. The van der Waals surface area contributed by atoms with Crippen molar-refractivity contribution in [1.29, 1.82) is 0 Å². The molecule has 0 unspecified atom stereocenters. The summed E-state index contributed by atoms with van der Waals surface area (Å²) in [5, 5.41) is 0. The lowest BCUT2D eigenvalue weighted by molar-refractivity contribution is 0.0754. The van der Waals surface area contributed by atoms with Crippen LogP contribution in [-0.4, -0.2) is 44.2 Å². The van der Waals surface area contributed by atoms with Crippen molar-refractivity contribution in [3.63, 3.8) is 0 Å². The molecule has 0 saturated carbocycles. The van der Waals surface area contributed by atoms with Gasteiger partial charge in [-0.3, -0.25) is 4.79 Å². The Balaban J connectivity index is 2.86. The third-order valence-electron chi connectivity index (χ3n) is 3.54. The quantitative estimate of drug-likeness (QED) is 0.691. The van der Waals surface area contributed by atoms with Crippen molar-refractivity contribution in [2.75, 3.05) is 27.4 Å². The minimum Gasteiger partial charge on any atom is -0.493 e. The number of hydrogen-bond donors (Lipinski definition) is 0. The first kappa shape index (κ1) is 17.5. The number of carbonyl (C=O) groups is 1. The van der Waals surface area contributed by atoms with E-state index >= 15 is 0 Å². The fourth-order valence-electron chi connectivity index (χ4n) is 1.94. The van der Waals surface area contributed by atoms with E-state index in [2.05, 4.69) is 6.92 Å². The summed E-state index contributed by atoms with van der Waals surface area (Å²) in [5.41, 5.74) is 1.79. The predicted octanol–water partition coefficient (Wildman–Crippen LogP) is 3.14. The summed E-state index contributed by atoms with van der Waals surface area (Å²) in [4.78, 5) is 14.1. The summed E-state index contributed by atoms with van der Waals surface area (Å²) in [7, 11) is 3.50. The molecular weight excluding hydrogens is 266 g/mol. The van der Waals surface area contributed by atoms with Gasteiger partial charge in [-0.05, 0) is 38.0 Å². The molecule has 0 saturated heterocycles. The van der Waals surface area contributed by atoms with Gasteiger partial charge in [0.25, 0.3) is 5.91 Å². The van der Waals surface area contributed by atoms with Gasteiger partial charge in [0.1, 0.15) is 5.75 Å². The van der Waals surface area contributed by atoms with Crippen LogP contribution < -0.4 is 4.74 Å². The minimum atomic E-state index is 0.0226. The van der Waals surface area contributed by atoms with Crippen molar-refractivity contribution < 1.29 is 14.3 Å². The summed E-state index contributed by atoms with van der Waals surface area (Å²) in [6, 6.07) is 5.89. The highest BCUT2D eigenvalue weighted by atomic mass is 16.5. The van der Waals surface area contributed by atoms with Gasteiger partial charge in [0, 0.05) is 38.8 Å².